The van der Waals surface area contributed by atoms with Crippen LogP contribution >= 0.6 is 0 Å². The highest BCUT2D eigenvalue weighted by atomic mass is 16.6. The SMILES string of the molecule is CC1(C)[C@@]2(C)C=C[C@]1(C(=O)OC[C@@]13C=C[C@@H](O1)[C@H]1C(=O)OC(=O)[C@H]13)OC2=O. The van der Waals surface area contributed by atoms with Crippen molar-refractivity contribution in [2.24, 2.45) is 22.7 Å². The summed E-state index contributed by atoms with van der Waals surface area (Å²) in [7, 11) is 0. The lowest BCUT2D eigenvalue weighted by Crippen LogP contribution is -2.51. The van der Waals surface area contributed by atoms with Crippen molar-refractivity contribution in [1.29, 1.82) is 0 Å². The normalized spacial score (nSPS) is 47.4. The van der Waals surface area contributed by atoms with Crippen LogP contribution in [-0.4, -0.2) is 47.8 Å². The average molecular weight is 374 g/mol. The van der Waals surface area contributed by atoms with E-state index < -0.39 is 63.8 Å². The molecule has 3 saturated heterocycles. The summed E-state index contributed by atoms with van der Waals surface area (Å²) in [5.74, 6) is -4.05. The minimum Gasteiger partial charge on any atom is -0.459 e. The van der Waals surface area contributed by atoms with Crippen LogP contribution in [0.25, 0.3) is 0 Å². The maximum atomic E-state index is 13.0. The molecule has 1 aliphatic carbocycles. The van der Waals surface area contributed by atoms with E-state index in [1.807, 2.05) is 0 Å². The maximum absolute atomic E-state index is 13.0. The molecule has 0 unspecified atom stereocenters. The number of esters is 4. The van der Waals surface area contributed by atoms with E-state index in [9.17, 15) is 19.2 Å². The predicted molar refractivity (Wildman–Crippen MR) is 85.6 cm³/mol. The van der Waals surface area contributed by atoms with E-state index in [1.54, 1.807) is 45.1 Å². The molecular formula is C19H18O8. The summed E-state index contributed by atoms with van der Waals surface area (Å²) in [5.41, 5.74) is -4.51. The van der Waals surface area contributed by atoms with Crippen molar-refractivity contribution in [3.63, 3.8) is 0 Å². The quantitative estimate of drug-likeness (QED) is 0.303. The third kappa shape index (κ3) is 1.60. The number of ether oxygens (including phenoxy) is 4. The molecule has 0 aromatic rings. The third-order valence-corrected chi connectivity index (χ3v) is 7.18. The Morgan fingerprint density at radius 3 is 2.48 bits per heavy atom. The molecule has 4 bridgehead atoms. The predicted octanol–water partition coefficient (Wildman–Crippen LogP) is 0.451. The lowest BCUT2D eigenvalue weighted by atomic mass is 9.65. The molecule has 0 saturated carbocycles. The zero-order valence-corrected chi connectivity index (χ0v) is 15.0. The second kappa shape index (κ2) is 4.49. The Morgan fingerprint density at radius 1 is 1.11 bits per heavy atom. The molecule has 0 spiro atoms. The van der Waals surface area contributed by atoms with Crippen LogP contribution in [0.5, 0.6) is 0 Å². The monoisotopic (exact) mass is 374 g/mol. The molecule has 8 heteroatoms. The average Bonchev–Trinajstić information content (AvgIpc) is 3.33. The molecule has 6 atom stereocenters. The van der Waals surface area contributed by atoms with E-state index in [0.717, 1.165) is 0 Å². The van der Waals surface area contributed by atoms with Gasteiger partial charge in [0.05, 0.1) is 11.5 Å². The fourth-order valence-corrected chi connectivity index (χ4v) is 4.95. The van der Waals surface area contributed by atoms with Gasteiger partial charge in [-0.25, -0.2) is 4.79 Å². The Bertz CT molecular complexity index is 884. The number of fused-ring (bicyclic) bond motifs is 7. The van der Waals surface area contributed by atoms with E-state index in [0.29, 0.717) is 0 Å². The molecular weight excluding hydrogens is 356 g/mol. The molecule has 27 heavy (non-hydrogen) atoms. The van der Waals surface area contributed by atoms with Gasteiger partial charge in [0.1, 0.15) is 24.0 Å². The summed E-state index contributed by atoms with van der Waals surface area (Å²) in [6.07, 6.45) is 6.00. The Morgan fingerprint density at radius 2 is 1.85 bits per heavy atom. The zero-order valence-electron chi connectivity index (χ0n) is 15.0. The van der Waals surface area contributed by atoms with Crippen molar-refractivity contribution in [2.45, 2.75) is 38.1 Å². The van der Waals surface area contributed by atoms with Crippen LogP contribution in [0.1, 0.15) is 20.8 Å². The van der Waals surface area contributed by atoms with Gasteiger partial charge in [0, 0.05) is 5.41 Å². The van der Waals surface area contributed by atoms with Crippen LogP contribution in [-0.2, 0) is 38.1 Å². The lowest BCUT2D eigenvalue weighted by molar-refractivity contribution is -0.181. The Labute approximate surface area is 154 Å². The summed E-state index contributed by atoms with van der Waals surface area (Å²) in [5, 5.41) is 0. The Hall–Kier alpha value is -2.48. The van der Waals surface area contributed by atoms with E-state index in [2.05, 4.69) is 0 Å². The molecule has 142 valence electrons. The molecule has 5 rings (SSSR count). The number of carbonyl (C=O) groups is 4. The molecule has 0 aromatic heterocycles. The maximum Gasteiger partial charge on any atom is 0.355 e. The summed E-state index contributed by atoms with van der Waals surface area (Å²) in [6.45, 7) is 5.00. The number of rotatable bonds is 3. The summed E-state index contributed by atoms with van der Waals surface area (Å²) in [4.78, 5) is 49.2. The van der Waals surface area contributed by atoms with Crippen molar-refractivity contribution in [3.8, 4) is 0 Å². The van der Waals surface area contributed by atoms with E-state index >= 15 is 0 Å². The van der Waals surface area contributed by atoms with E-state index in [4.69, 9.17) is 18.9 Å². The van der Waals surface area contributed by atoms with Gasteiger partial charge < -0.3 is 18.9 Å². The molecule has 0 aromatic carbocycles. The zero-order chi connectivity index (χ0) is 19.4. The number of hydrogen-bond donors (Lipinski definition) is 0. The first-order chi connectivity index (χ1) is 12.6. The Balaban J connectivity index is 1.40. The first-order valence-corrected chi connectivity index (χ1v) is 8.82. The van der Waals surface area contributed by atoms with Crippen LogP contribution in [0.15, 0.2) is 24.3 Å². The molecule has 0 N–H and O–H groups in total. The number of cyclic esters (lactones) is 2. The van der Waals surface area contributed by atoms with Gasteiger partial charge in [-0.2, -0.15) is 0 Å². The fourth-order valence-electron chi connectivity index (χ4n) is 4.95. The van der Waals surface area contributed by atoms with Gasteiger partial charge in [0.2, 0.25) is 5.60 Å². The Kier molecular flexibility index (Phi) is 2.78. The van der Waals surface area contributed by atoms with Crippen molar-refractivity contribution in [2.75, 3.05) is 6.61 Å². The molecule has 3 fully saturated rings. The van der Waals surface area contributed by atoms with Gasteiger partial charge in [0.15, 0.2) is 0 Å². The van der Waals surface area contributed by atoms with Gasteiger partial charge in [-0.15, -0.1) is 0 Å². The highest BCUT2D eigenvalue weighted by Crippen LogP contribution is 2.62. The second-order valence-electron chi connectivity index (χ2n) is 8.50. The molecule has 5 aliphatic rings. The summed E-state index contributed by atoms with van der Waals surface area (Å²) in [6, 6.07) is 0. The van der Waals surface area contributed by atoms with Crippen LogP contribution in [0.2, 0.25) is 0 Å². The van der Waals surface area contributed by atoms with Crippen molar-refractivity contribution >= 4 is 23.9 Å². The molecule has 4 heterocycles. The first-order valence-electron chi connectivity index (χ1n) is 8.82. The smallest absolute Gasteiger partial charge is 0.355 e. The van der Waals surface area contributed by atoms with Crippen molar-refractivity contribution in [3.05, 3.63) is 24.3 Å². The standard InChI is InChI=1S/C19H18O8/c1-16(2)17(3)6-7-19(16,27-14(17)22)15(23)24-8-18-5-4-9(26-18)10-11(18)13(21)25-12(10)20/h4-7,9-11H,8H2,1-3H3/t9-,10-,11+,17+,18-,19-/m1/s1. The molecule has 4 aliphatic heterocycles. The third-order valence-electron chi connectivity index (χ3n) is 7.18. The summed E-state index contributed by atoms with van der Waals surface area (Å²) < 4.78 is 21.5. The van der Waals surface area contributed by atoms with Crippen molar-refractivity contribution in [1.82, 2.24) is 0 Å². The van der Waals surface area contributed by atoms with Crippen LogP contribution in [0.3, 0.4) is 0 Å². The van der Waals surface area contributed by atoms with Crippen LogP contribution < -0.4 is 0 Å². The van der Waals surface area contributed by atoms with E-state index in [-0.39, 0.29) is 6.61 Å². The van der Waals surface area contributed by atoms with Crippen LogP contribution in [0, 0.1) is 22.7 Å². The lowest BCUT2D eigenvalue weighted by Gasteiger charge is -2.35. The minimum atomic E-state index is -1.53. The van der Waals surface area contributed by atoms with Gasteiger partial charge in [-0.05, 0) is 19.1 Å². The first kappa shape index (κ1) is 16.7. The highest BCUT2D eigenvalue weighted by molar-refractivity contribution is 5.99. The minimum absolute atomic E-state index is 0.275. The van der Waals surface area contributed by atoms with E-state index in [1.165, 1.54) is 0 Å². The molecule has 0 radical (unpaired) electrons. The summed E-state index contributed by atoms with van der Waals surface area (Å²) >= 11 is 0. The largest absolute Gasteiger partial charge is 0.459 e. The van der Waals surface area contributed by atoms with Gasteiger partial charge in [-0.1, -0.05) is 26.0 Å². The topological polar surface area (TPSA) is 105 Å². The number of carbonyl (C=O) groups excluding carboxylic acids is 4. The number of hydrogen-bond acceptors (Lipinski definition) is 8. The highest BCUT2D eigenvalue weighted by Gasteiger charge is 2.74. The molecule has 0 amide bonds. The molecule has 8 nitrogen and oxygen atoms in total. The van der Waals surface area contributed by atoms with Gasteiger partial charge in [0.25, 0.3) is 0 Å². The van der Waals surface area contributed by atoms with Crippen LogP contribution in [0.4, 0.5) is 0 Å². The van der Waals surface area contributed by atoms with Gasteiger partial charge >= 0.3 is 23.9 Å². The van der Waals surface area contributed by atoms with Gasteiger partial charge in [-0.3, -0.25) is 14.4 Å². The second-order valence-corrected chi connectivity index (χ2v) is 8.50. The fraction of sp³-hybridized carbons (Fsp3) is 0.579. The van der Waals surface area contributed by atoms with Crippen molar-refractivity contribution < 1.29 is 38.1 Å².